The Kier molecular flexibility index (Phi) is 5.18. The summed E-state index contributed by atoms with van der Waals surface area (Å²) in [5.74, 6) is -2.54. The third-order valence-electron chi connectivity index (χ3n) is 3.15. The molecule has 0 aliphatic carbocycles. The van der Waals surface area contributed by atoms with E-state index >= 15 is 0 Å². The van der Waals surface area contributed by atoms with Crippen LogP contribution >= 0.6 is 0 Å². The van der Waals surface area contributed by atoms with Crippen molar-refractivity contribution in [2.75, 3.05) is 10.5 Å². The third kappa shape index (κ3) is 4.29. The fourth-order valence-corrected chi connectivity index (χ4v) is 2.47. The van der Waals surface area contributed by atoms with Crippen molar-refractivity contribution in [2.45, 2.75) is 13.8 Å². The molecule has 0 aliphatic heterocycles. The second-order valence-corrected chi connectivity index (χ2v) is 6.96. The van der Waals surface area contributed by atoms with Gasteiger partial charge in [-0.15, -0.1) is 0 Å². The lowest BCUT2D eigenvalue weighted by molar-refractivity contribution is 0.101. The first-order valence-corrected chi connectivity index (χ1v) is 8.65. The summed E-state index contributed by atoms with van der Waals surface area (Å²) in [5, 5.41) is 0. The smallest absolute Gasteiger partial charge is 0.232 e. The second-order valence-electron chi connectivity index (χ2n) is 4.95. The molecule has 0 amide bonds. The monoisotopic (exact) mass is 355 g/mol. The van der Waals surface area contributed by atoms with E-state index in [0.717, 1.165) is 12.1 Å². The van der Waals surface area contributed by atoms with Gasteiger partial charge in [0.15, 0.2) is 23.1 Å². The van der Waals surface area contributed by atoms with E-state index in [-0.39, 0.29) is 34.3 Å². The average molecular weight is 355 g/mol. The van der Waals surface area contributed by atoms with Gasteiger partial charge >= 0.3 is 0 Å². The van der Waals surface area contributed by atoms with Gasteiger partial charge in [-0.05, 0) is 44.2 Å². The highest BCUT2D eigenvalue weighted by Crippen LogP contribution is 2.33. The summed E-state index contributed by atoms with van der Waals surface area (Å²) in [6, 6.07) is 6.77. The Morgan fingerprint density at radius 3 is 2.42 bits per heavy atom. The number of benzene rings is 2. The van der Waals surface area contributed by atoms with E-state index in [1.54, 1.807) is 0 Å². The number of carbonyl (C=O) groups excluding carboxylic acids is 1. The number of hydrogen-bond donors (Lipinski definition) is 1. The molecule has 128 valence electrons. The number of carbonyl (C=O) groups is 1. The molecule has 0 radical (unpaired) electrons. The molecule has 1 N–H and O–H groups in total. The first-order chi connectivity index (χ1) is 11.2. The van der Waals surface area contributed by atoms with Crippen LogP contribution in [0, 0.1) is 11.6 Å². The summed E-state index contributed by atoms with van der Waals surface area (Å²) in [6.45, 7) is 2.78. The van der Waals surface area contributed by atoms with Gasteiger partial charge in [0.25, 0.3) is 0 Å². The molecule has 2 aromatic carbocycles. The largest absolute Gasteiger partial charge is 0.452 e. The predicted octanol–water partition coefficient (Wildman–Crippen LogP) is 3.72. The highest BCUT2D eigenvalue weighted by atomic mass is 32.2. The van der Waals surface area contributed by atoms with Crippen molar-refractivity contribution >= 4 is 21.5 Å². The summed E-state index contributed by atoms with van der Waals surface area (Å²) >= 11 is 0. The van der Waals surface area contributed by atoms with Gasteiger partial charge < -0.3 is 4.74 Å². The van der Waals surface area contributed by atoms with Crippen molar-refractivity contribution in [3.63, 3.8) is 0 Å². The van der Waals surface area contributed by atoms with Crippen LogP contribution in [0.5, 0.6) is 11.5 Å². The Bertz CT molecular complexity index is 882. The van der Waals surface area contributed by atoms with E-state index in [9.17, 15) is 22.0 Å². The van der Waals surface area contributed by atoms with Crippen molar-refractivity contribution in [3.05, 3.63) is 53.6 Å². The van der Waals surface area contributed by atoms with E-state index < -0.39 is 21.7 Å². The van der Waals surface area contributed by atoms with Gasteiger partial charge in [0.1, 0.15) is 5.82 Å². The van der Waals surface area contributed by atoms with Gasteiger partial charge in [0.2, 0.25) is 10.0 Å². The van der Waals surface area contributed by atoms with E-state index in [0.29, 0.717) is 6.07 Å². The minimum Gasteiger partial charge on any atom is -0.452 e. The standard InChI is InChI=1S/C16H15F2NO4S/c1-3-24(21,22)19-14-6-4-11(10(2)20)8-16(14)23-15-7-5-12(17)9-13(15)18/h4-9,19H,3H2,1-2H3. The molecule has 0 unspecified atom stereocenters. The quantitative estimate of drug-likeness (QED) is 0.802. The highest BCUT2D eigenvalue weighted by Gasteiger charge is 2.16. The van der Waals surface area contributed by atoms with Crippen LogP contribution in [0.15, 0.2) is 36.4 Å². The number of anilines is 1. The lowest BCUT2D eigenvalue weighted by Crippen LogP contribution is -2.15. The number of rotatable bonds is 6. The maximum absolute atomic E-state index is 13.8. The van der Waals surface area contributed by atoms with Gasteiger partial charge in [-0.3, -0.25) is 9.52 Å². The molecule has 0 aromatic heterocycles. The fraction of sp³-hybridized carbons (Fsp3) is 0.188. The molecule has 5 nitrogen and oxygen atoms in total. The van der Waals surface area contributed by atoms with Crippen LogP contribution in [0.25, 0.3) is 0 Å². The fourth-order valence-electron chi connectivity index (χ4n) is 1.83. The lowest BCUT2D eigenvalue weighted by atomic mass is 10.1. The van der Waals surface area contributed by atoms with Gasteiger partial charge in [0.05, 0.1) is 11.4 Å². The van der Waals surface area contributed by atoms with Crippen molar-refractivity contribution in [3.8, 4) is 11.5 Å². The Balaban J connectivity index is 2.47. The molecule has 0 fully saturated rings. The minimum absolute atomic E-state index is 0.0468. The molecule has 0 saturated heterocycles. The first-order valence-electron chi connectivity index (χ1n) is 7.00. The molecule has 0 spiro atoms. The van der Waals surface area contributed by atoms with E-state index in [1.807, 2.05) is 0 Å². The van der Waals surface area contributed by atoms with Crippen molar-refractivity contribution in [1.82, 2.24) is 0 Å². The van der Waals surface area contributed by atoms with Gasteiger partial charge in [-0.25, -0.2) is 17.2 Å². The van der Waals surface area contributed by atoms with E-state index in [1.165, 1.54) is 32.0 Å². The van der Waals surface area contributed by atoms with Gasteiger partial charge in [0, 0.05) is 11.6 Å². The Labute approximate surface area is 138 Å². The maximum Gasteiger partial charge on any atom is 0.232 e. The van der Waals surface area contributed by atoms with Crippen LogP contribution in [0.3, 0.4) is 0 Å². The molecular formula is C16H15F2NO4S. The van der Waals surface area contributed by atoms with Crippen LogP contribution in [0.4, 0.5) is 14.5 Å². The normalized spacial score (nSPS) is 11.2. The summed E-state index contributed by atoms with van der Waals surface area (Å²) < 4.78 is 57.9. The van der Waals surface area contributed by atoms with Crippen LogP contribution < -0.4 is 9.46 Å². The number of sulfonamides is 1. The summed E-state index contributed by atoms with van der Waals surface area (Å²) in [5.41, 5.74) is 0.303. The number of hydrogen-bond acceptors (Lipinski definition) is 4. The predicted molar refractivity (Wildman–Crippen MR) is 86.0 cm³/mol. The molecule has 0 bridgehead atoms. The average Bonchev–Trinajstić information content (AvgIpc) is 2.51. The highest BCUT2D eigenvalue weighted by molar-refractivity contribution is 7.92. The molecule has 0 saturated carbocycles. The molecule has 2 rings (SSSR count). The summed E-state index contributed by atoms with van der Waals surface area (Å²) in [7, 11) is -3.61. The van der Waals surface area contributed by atoms with Crippen molar-refractivity contribution in [1.29, 1.82) is 0 Å². The Hall–Kier alpha value is -2.48. The Morgan fingerprint density at radius 2 is 1.83 bits per heavy atom. The third-order valence-corrected chi connectivity index (χ3v) is 4.44. The van der Waals surface area contributed by atoms with Crippen LogP contribution in [-0.4, -0.2) is 20.0 Å². The number of nitrogens with one attached hydrogen (secondary N) is 1. The zero-order valence-electron chi connectivity index (χ0n) is 13.0. The molecule has 24 heavy (non-hydrogen) atoms. The van der Waals surface area contributed by atoms with Gasteiger partial charge in [-0.1, -0.05) is 0 Å². The number of halogens is 2. The number of ether oxygens (including phenoxy) is 1. The second kappa shape index (κ2) is 6.96. The SMILES string of the molecule is CCS(=O)(=O)Nc1ccc(C(C)=O)cc1Oc1ccc(F)cc1F. The Morgan fingerprint density at radius 1 is 1.12 bits per heavy atom. The zero-order chi connectivity index (χ0) is 17.9. The summed E-state index contributed by atoms with van der Waals surface area (Å²) in [4.78, 5) is 11.5. The minimum atomic E-state index is -3.61. The van der Waals surface area contributed by atoms with Crippen LogP contribution in [-0.2, 0) is 10.0 Å². The van der Waals surface area contributed by atoms with E-state index in [2.05, 4.69) is 4.72 Å². The molecule has 2 aromatic rings. The summed E-state index contributed by atoms with van der Waals surface area (Å²) in [6.07, 6.45) is 0. The molecule has 0 heterocycles. The maximum atomic E-state index is 13.8. The van der Waals surface area contributed by atoms with Crippen LogP contribution in [0.1, 0.15) is 24.2 Å². The molecular weight excluding hydrogens is 340 g/mol. The van der Waals surface area contributed by atoms with Gasteiger partial charge in [-0.2, -0.15) is 0 Å². The molecule has 0 aliphatic rings. The van der Waals surface area contributed by atoms with Crippen molar-refractivity contribution in [2.24, 2.45) is 0 Å². The molecule has 8 heteroatoms. The van der Waals surface area contributed by atoms with Crippen LogP contribution in [0.2, 0.25) is 0 Å². The first kappa shape index (κ1) is 17.9. The molecule has 0 atom stereocenters. The van der Waals surface area contributed by atoms with E-state index in [4.69, 9.17) is 4.74 Å². The zero-order valence-corrected chi connectivity index (χ0v) is 13.8. The number of ketones is 1. The number of Topliss-reactive ketones (excluding diaryl/α,β-unsaturated/α-hetero) is 1. The van der Waals surface area contributed by atoms with Crippen molar-refractivity contribution < 1.29 is 26.7 Å². The topological polar surface area (TPSA) is 72.5 Å². The lowest BCUT2D eigenvalue weighted by Gasteiger charge is -2.14.